The summed E-state index contributed by atoms with van der Waals surface area (Å²) in [7, 11) is 0. The molecule has 16 heavy (non-hydrogen) atoms. The zero-order chi connectivity index (χ0) is 11.5. The molecule has 0 heterocycles. The molecule has 2 N–H and O–H groups in total. The van der Waals surface area contributed by atoms with Crippen molar-refractivity contribution in [2.24, 2.45) is 5.73 Å². The van der Waals surface area contributed by atoms with Crippen LogP contribution in [0.2, 0.25) is 0 Å². The van der Waals surface area contributed by atoms with Crippen molar-refractivity contribution in [1.29, 1.82) is 0 Å². The Morgan fingerprint density at radius 1 is 1.06 bits per heavy atom. The van der Waals surface area contributed by atoms with Gasteiger partial charge in [0.2, 0.25) is 0 Å². The van der Waals surface area contributed by atoms with Crippen LogP contribution in [0.5, 0.6) is 0 Å². The molecule has 0 spiro atoms. The van der Waals surface area contributed by atoms with Gasteiger partial charge in [0.15, 0.2) is 0 Å². The van der Waals surface area contributed by atoms with Crippen LogP contribution < -0.4 is 5.73 Å². The fraction of sp³-hybridized carbons (Fsp3) is 0.333. The van der Waals surface area contributed by atoms with Crippen molar-refractivity contribution < 1.29 is 0 Å². The van der Waals surface area contributed by atoms with Gasteiger partial charge in [0.1, 0.15) is 0 Å². The highest BCUT2D eigenvalue weighted by Crippen LogP contribution is 2.18. The van der Waals surface area contributed by atoms with Crippen LogP contribution in [-0.4, -0.2) is 6.04 Å². The van der Waals surface area contributed by atoms with Gasteiger partial charge in [0, 0.05) is 6.04 Å². The summed E-state index contributed by atoms with van der Waals surface area (Å²) in [4.78, 5) is 0. The molecule has 0 radical (unpaired) electrons. The smallest absolute Gasteiger partial charge is 0.00136 e. The van der Waals surface area contributed by atoms with E-state index in [9.17, 15) is 0 Å². The second-order valence-corrected chi connectivity index (χ2v) is 4.70. The van der Waals surface area contributed by atoms with Crippen LogP contribution in [0.1, 0.15) is 24.5 Å². The predicted octanol–water partition coefficient (Wildman–Crippen LogP) is 3.43. The van der Waals surface area contributed by atoms with Crippen LogP contribution in [0.4, 0.5) is 0 Å². The molecule has 0 aromatic heterocycles. The van der Waals surface area contributed by atoms with Gasteiger partial charge < -0.3 is 5.73 Å². The van der Waals surface area contributed by atoms with E-state index in [4.69, 9.17) is 5.73 Å². The van der Waals surface area contributed by atoms with E-state index < -0.39 is 0 Å². The van der Waals surface area contributed by atoms with Crippen molar-refractivity contribution in [3.05, 3.63) is 47.5 Å². The van der Waals surface area contributed by atoms with E-state index in [1.165, 1.54) is 21.9 Å². The lowest BCUT2D eigenvalue weighted by molar-refractivity contribution is 0.666. The lowest BCUT2D eigenvalue weighted by Crippen LogP contribution is -2.15. The Morgan fingerprint density at radius 2 is 1.75 bits per heavy atom. The summed E-state index contributed by atoms with van der Waals surface area (Å²) < 4.78 is 0. The van der Waals surface area contributed by atoms with Crippen LogP contribution >= 0.6 is 0 Å². The Hall–Kier alpha value is -1.34. The van der Waals surface area contributed by atoms with E-state index in [0.717, 1.165) is 12.8 Å². The molecule has 1 unspecified atom stereocenters. The molecule has 0 aliphatic carbocycles. The van der Waals surface area contributed by atoms with E-state index in [1.54, 1.807) is 0 Å². The first-order valence-electron chi connectivity index (χ1n) is 5.90. The maximum Gasteiger partial charge on any atom is 0.00136 e. The summed E-state index contributed by atoms with van der Waals surface area (Å²) in [5.41, 5.74) is 8.47. The largest absolute Gasteiger partial charge is 0.328 e. The van der Waals surface area contributed by atoms with Crippen molar-refractivity contribution in [2.75, 3.05) is 0 Å². The molecule has 1 atom stereocenters. The number of hydrogen-bond donors (Lipinski definition) is 1. The van der Waals surface area contributed by atoms with Gasteiger partial charge in [-0.05, 0) is 43.0 Å². The van der Waals surface area contributed by atoms with Crippen molar-refractivity contribution in [2.45, 2.75) is 32.7 Å². The molecule has 0 saturated carbocycles. The number of hydrogen-bond acceptors (Lipinski definition) is 1. The van der Waals surface area contributed by atoms with Gasteiger partial charge in [0.25, 0.3) is 0 Å². The average molecular weight is 213 g/mol. The van der Waals surface area contributed by atoms with Crippen molar-refractivity contribution in [3.8, 4) is 0 Å². The molecule has 1 heteroatoms. The van der Waals surface area contributed by atoms with Crippen molar-refractivity contribution in [3.63, 3.8) is 0 Å². The minimum atomic E-state index is 0.286. The number of aryl methyl sites for hydroxylation is 2. The molecule has 1 nitrogen and oxygen atoms in total. The second kappa shape index (κ2) is 4.67. The Bertz CT molecular complexity index is 486. The number of nitrogens with two attached hydrogens (primary N) is 1. The van der Waals surface area contributed by atoms with E-state index >= 15 is 0 Å². The van der Waals surface area contributed by atoms with Crippen LogP contribution in [0.25, 0.3) is 10.8 Å². The summed E-state index contributed by atoms with van der Waals surface area (Å²) in [6, 6.07) is 13.6. The molecule has 0 fully saturated rings. The third-order valence-corrected chi connectivity index (χ3v) is 2.95. The standard InChI is InChI=1S/C15H19N/c1-11-3-7-15-10-13(5-4-12(2)16)6-8-14(15)9-11/h3,6-10,12H,4-5,16H2,1-2H3. The lowest BCUT2D eigenvalue weighted by atomic mass is 10.0. The molecule has 0 bridgehead atoms. The molecule has 84 valence electrons. The molecule has 2 aromatic carbocycles. The molecule has 0 amide bonds. The topological polar surface area (TPSA) is 26.0 Å². The van der Waals surface area contributed by atoms with Crippen molar-refractivity contribution >= 4 is 10.8 Å². The molecule has 2 rings (SSSR count). The summed E-state index contributed by atoms with van der Waals surface area (Å²) in [6.07, 6.45) is 2.12. The van der Waals surface area contributed by atoms with E-state index in [1.807, 2.05) is 0 Å². The number of rotatable bonds is 3. The van der Waals surface area contributed by atoms with Crippen LogP contribution in [0.3, 0.4) is 0 Å². The van der Waals surface area contributed by atoms with Gasteiger partial charge in [-0.3, -0.25) is 0 Å². The summed E-state index contributed by atoms with van der Waals surface area (Å²) in [5, 5.41) is 2.65. The number of fused-ring (bicyclic) bond motifs is 1. The maximum atomic E-state index is 5.77. The third-order valence-electron chi connectivity index (χ3n) is 2.95. The summed E-state index contributed by atoms with van der Waals surface area (Å²) in [6.45, 7) is 4.19. The highest BCUT2D eigenvalue weighted by atomic mass is 14.6. The average Bonchev–Trinajstić information content (AvgIpc) is 2.26. The van der Waals surface area contributed by atoms with Crippen LogP contribution in [0, 0.1) is 6.92 Å². The SMILES string of the molecule is Cc1ccc2cc(CCC(C)N)ccc2c1. The first-order valence-corrected chi connectivity index (χ1v) is 5.90. The van der Waals surface area contributed by atoms with Crippen molar-refractivity contribution in [1.82, 2.24) is 0 Å². The molecular weight excluding hydrogens is 194 g/mol. The maximum absolute atomic E-state index is 5.77. The van der Waals surface area contributed by atoms with E-state index in [0.29, 0.717) is 0 Å². The highest BCUT2D eigenvalue weighted by molar-refractivity contribution is 5.83. The van der Waals surface area contributed by atoms with Crippen LogP contribution in [-0.2, 0) is 6.42 Å². The molecule has 0 saturated heterocycles. The highest BCUT2D eigenvalue weighted by Gasteiger charge is 1.99. The van der Waals surface area contributed by atoms with E-state index in [2.05, 4.69) is 50.2 Å². The monoisotopic (exact) mass is 213 g/mol. The molecule has 0 aliphatic rings. The zero-order valence-corrected chi connectivity index (χ0v) is 10.0. The fourth-order valence-electron chi connectivity index (χ4n) is 1.96. The van der Waals surface area contributed by atoms with Gasteiger partial charge in [0.05, 0.1) is 0 Å². The quantitative estimate of drug-likeness (QED) is 0.830. The summed E-state index contributed by atoms with van der Waals surface area (Å²) >= 11 is 0. The Labute approximate surface area is 97.3 Å². The summed E-state index contributed by atoms with van der Waals surface area (Å²) in [5.74, 6) is 0. The molecule has 0 aliphatic heterocycles. The van der Waals surface area contributed by atoms with Gasteiger partial charge >= 0.3 is 0 Å². The zero-order valence-electron chi connectivity index (χ0n) is 10.0. The fourth-order valence-corrected chi connectivity index (χ4v) is 1.96. The van der Waals surface area contributed by atoms with Gasteiger partial charge in [-0.1, -0.05) is 42.0 Å². The van der Waals surface area contributed by atoms with Gasteiger partial charge in [-0.15, -0.1) is 0 Å². The Balaban J connectivity index is 2.26. The third kappa shape index (κ3) is 2.61. The van der Waals surface area contributed by atoms with E-state index in [-0.39, 0.29) is 6.04 Å². The normalized spacial score (nSPS) is 12.9. The lowest BCUT2D eigenvalue weighted by Gasteiger charge is -2.06. The minimum absolute atomic E-state index is 0.286. The Kier molecular flexibility index (Phi) is 3.25. The van der Waals surface area contributed by atoms with Gasteiger partial charge in [-0.25, -0.2) is 0 Å². The van der Waals surface area contributed by atoms with Gasteiger partial charge in [-0.2, -0.15) is 0 Å². The molecular formula is C15H19N. The second-order valence-electron chi connectivity index (χ2n) is 4.70. The number of benzene rings is 2. The predicted molar refractivity (Wildman–Crippen MR) is 70.7 cm³/mol. The minimum Gasteiger partial charge on any atom is -0.328 e. The first kappa shape index (κ1) is 11.2. The Morgan fingerprint density at radius 3 is 2.50 bits per heavy atom. The molecule has 2 aromatic rings. The first-order chi connectivity index (χ1) is 7.65. The van der Waals surface area contributed by atoms with Crippen LogP contribution in [0.15, 0.2) is 36.4 Å².